The second-order valence-corrected chi connectivity index (χ2v) is 6.84. The number of anilines is 1. The zero-order chi connectivity index (χ0) is 18.1. The van der Waals surface area contributed by atoms with Gasteiger partial charge in [0.2, 0.25) is 5.91 Å². The number of carbonyl (C=O) groups is 1. The molecule has 1 amide bonds. The number of likely N-dealkylation sites (tertiary alicyclic amines) is 1. The molecule has 1 atom stereocenters. The molecule has 3 heterocycles. The molecule has 1 aromatic carbocycles. The number of piperidine rings is 1. The Morgan fingerprint density at radius 3 is 2.96 bits per heavy atom. The smallest absolute Gasteiger partial charge is 0.239 e. The van der Waals surface area contributed by atoms with Crippen LogP contribution >= 0.6 is 0 Å². The SMILES string of the molecule is Cc1nonc1NC(=O)CN1CCCC(c2nc3ccccc3n2C)C1. The van der Waals surface area contributed by atoms with Gasteiger partial charge < -0.3 is 9.88 Å². The van der Waals surface area contributed by atoms with Gasteiger partial charge >= 0.3 is 0 Å². The van der Waals surface area contributed by atoms with Crippen molar-refractivity contribution in [3.05, 3.63) is 35.8 Å². The molecule has 0 spiro atoms. The number of hydrogen-bond acceptors (Lipinski definition) is 6. The van der Waals surface area contributed by atoms with Crippen LogP contribution in [0.1, 0.15) is 30.3 Å². The molecule has 8 heteroatoms. The third-order valence-electron chi connectivity index (χ3n) is 4.97. The summed E-state index contributed by atoms with van der Waals surface area (Å²) in [5.41, 5.74) is 2.75. The molecule has 136 valence electrons. The molecule has 0 radical (unpaired) electrons. The lowest BCUT2D eigenvalue weighted by molar-refractivity contribution is -0.117. The van der Waals surface area contributed by atoms with E-state index in [1.807, 2.05) is 18.2 Å². The Hall–Kier alpha value is -2.74. The maximum absolute atomic E-state index is 12.3. The zero-order valence-electron chi connectivity index (χ0n) is 15.0. The van der Waals surface area contributed by atoms with Crippen molar-refractivity contribution in [1.82, 2.24) is 24.8 Å². The molecule has 3 aromatic rings. The summed E-state index contributed by atoms with van der Waals surface area (Å²) < 4.78 is 6.79. The van der Waals surface area contributed by atoms with Crippen molar-refractivity contribution >= 4 is 22.8 Å². The Kier molecular flexibility index (Phi) is 4.42. The van der Waals surface area contributed by atoms with Crippen molar-refractivity contribution in [2.75, 3.05) is 25.0 Å². The highest BCUT2D eigenvalue weighted by Crippen LogP contribution is 2.28. The van der Waals surface area contributed by atoms with Gasteiger partial charge in [-0.05, 0) is 43.6 Å². The van der Waals surface area contributed by atoms with Crippen molar-refractivity contribution in [3.8, 4) is 0 Å². The van der Waals surface area contributed by atoms with Crippen LogP contribution in [0.15, 0.2) is 28.9 Å². The average Bonchev–Trinajstić information content (AvgIpc) is 3.19. The molecule has 1 unspecified atom stereocenters. The normalized spacial score (nSPS) is 18.3. The van der Waals surface area contributed by atoms with Gasteiger partial charge in [-0.3, -0.25) is 9.69 Å². The molecule has 1 aliphatic rings. The van der Waals surface area contributed by atoms with E-state index >= 15 is 0 Å². The summed E-state index contributed by atoms with van der Waals surface area (Å²) in [6, 6.07) is 8.18. The Labute approximate surface area is 151 Å². The number of hydrogen-bond donors (Lipinski definition) is 1. The van der Waals surface area contributed by atoms with Gasteiger partial charge in [0.15, 0.2) is 5.82 Å². The van der Waals surface area contributed by atoms with E-state index in [2.05, 4.69) is 42.8 Å². The first-order chi connectivity index (χ1) is 12.6. The molecule has 26 heavy (non-hydrogen) atoms. The van der Waals surface area contributed by atoms with Crippen molar-refractivity contribution in [2.45, 2.75) is 25.7 Å². The molecule has 1 N–H and O–H groups in total. The topological polar surface area (TPSA) is 89.1 Å². The van der Waals surface area contributed by atoms with Gasteiger partial charge in [-0.1, -0.05) is 17.3 Å². The van der Waals surface area contributed by atoms with Gasteiger partial charge in [0.05, 0.1) is 17.6 Å². The zero-order valence-corrected chi connectivity index (χ0v) is 15.0. The number of rotatable bonds is 4. The number of aromatic nitrogens is 4. The largest absolute Gasteiger partial charge is 0.331 e. The third-order valence-corrected chi connectivity index (χ3v) is 4.97. The number of imidazole rings is 1. The molecule has 0 saturated carbocycles. The van der Waals surface area contributed by atoms with Crippen molar-refractivity contribution in [3.63, 3.8) is 0 Å². The Bertz CT molecular complexity index is 931. The lowest BCUT2D eigenvalue weighted by Crippen LogP contribution is -2.40. The fourth-order valence-corrected chi connectivity index (χ4v) is 3.66. The van der Waals surface area contributed by atoms with Crippen molar-refractivity contribution in [2.24, 2.45) is 7.05 Å². The fraction of sp³-hybridized carbons (Fsp3) is 0.444. The van der Waals surface area contributed by atoms with Gasteiger partial charge in [0, 0.05) is 19.5 Å². The Balaban J connectivity index is 1.44. The van der Waals surface area contributed by atoms with Crippen LogP contribution in [0.2, 0.25) is 0 Å². The number of carbonyl (C=O) groups excluding carboxylic acids is 1. The number of nitrogens with one attached hydrogen (secondary N) is 1. The van der Waals surface area contributed by atoms with Crippen LogP contribution in [0, 0.1) is 6.92 Å². The van der Waals surface area contributed by atoms with E-state index < -0.39 is 0 Å². The Morgan fingerprint density at radius 1 is 1.35 bits per heavy atom. The van der Waals surface area contributed by atoms with Crippen LogP contribution < -0.4 is 5.32 Å². The summed E-state index contributed by atoms with van der Waals surface area (Å²) in [5.74, 6) is 1.70. The average molecular weight is 354 g/mol. The minimum absolute atomic E-state index is 0.102. The van der Waals surface area contributed by atoms with Crippen LogP contribution in [0.3, 0.4) is 0 Å². The molecule has 1 fully saturated rings. The van der Waals surface area contributed by atoms with Crippen LogP contribution in [0.5, 0.6) is 0 Å². The minimum Gasteiger partial charge on any atom is -0.331 e. The number of aryl methyl sites for hydroxylation is 2. The highest BCUT2D eigenvalue weighted by Gasteiger charge is 2.26. The van der Waals surface area contributed by atoms with Gasteiger partial charge in [-0.25, -0.2) is 9.61 Å². The highest BCUT2D eigenvalue weighted by atomic mass is 16.6. The van der Waals surface area contributed by atoms with E-state index in [1.54, 1.807) is 6.92 Å². The predicted molar refractivity (Wildman–Crippen MR) is 96.8 cm³/mol. The van der Waals surface area contributed by atoms with E-state index in [4.69, 9.17) is 4.98 Å². The molecular weight excluding hydrogens is 332 g/mol. The number of fused-ring (bicyclic) bond motifs is 1. The molecule has 0 aliphatic carbocycles. The summed E-state index contributed by atoms with van der Waals surface area (Å²) in [4.78, 5) is 19.3. The summed E-state index contributed by atoms with van der Waals surface area (Å²) >= 11 is 0. The molecule has 1 aliphatic heterocycles. The summed E-state index contributed by atoms with van der Waals surface area (Å²) in [6.07, 6.45) is 2.13. The van der Waals surface area contributed by atoms with Gasteiger partial charge in [0.1, 0.15) is 11.5 Å². The first-order valence-electron chi connectivity index (χ1n) is 8.84. The molecule has 8 nitrogen and oxygen atoms in total. The highest BCUT2D eigenvalue weighted by molar-refractivity contribution is 5.91. The second kappa shape index (κ2) is 6.87. The minimum atomic E-state index is -0.102. The molecule has 1 saturated heterocycles. The third kappa shape index (κ3) is 3.20. The van der Waals surface area contributed by atoms with E-state index in [-0.39, 0.29) is 5.91 Å². The summed E-state index contributed by atoms with van der Waals surface area (Å²) in [5, 5.41) is 10.1. The van der Waals surface area contributed by atoms with E-state index in [1.165, 1.54) is 0 Å². The van der Waals surface area contributed by atoms with Crippen molar-refractivity contribution < 1.29 is 9.42 Å². The molecule has 2 aromatic heterocycles. The molecule has 4 rings (SSSR count). The quantitative estimate of drug-likeness (QED) is 0.772. The summed E-state index contributed by atoms with van der Waals surface area (Å²) in [7, 11) is 2.07. The number of benzene rings is 1. The van der Waals surface area contributed by atoms with Crippen LogP contribution in [-0.2, 0) is 11.8 Å². The maximum atomic E-state index is 12.3. The van der Waals surface area contributed by atoms with Gasteiger partial charge in [0.25, 0.3) is 0 Å². The lowest BCUT2D eigenvalue weighted by Gasteiger charge is -2.31. The van der Waals surface area contributed by atoms with E-state index in [9.17, 15) is 4.79 Å². The van der Waals surface area contributed by atoms with Crippen molar-refractivity contribution in [1.29, 1.82) is 0 Å². The monoisotopic (exact) mass is 354 g/mol. The Morgan fingerprint density at radius 2 is 2.19 bits per heavy atom. The van der Waals surface area contributed by atoms with Crippen LogP contribution in [0.25, 0.3) is 11.0 Å². The second-order valence-electron chi connectivity index (χ2n) is 6.84. The number of nitrogens with zero attached hydrogens (tertiary/aromatic N) is 5. The fourth-order valence-electron chi connectivity index (χ4n) is 3.66. The number of para-hydroxylation sites is 2. The lowest BCUT2D eigenvalue weighted by atomic mass is 9.97. The first kappa shape index (κ1) is 16.7. The van der Waals surface area contributed by atoms with Crippen LogP contribution in [0.4, 0.5) is 5.82 Å². The standard InChI is InChI=1S/C18H22N6O2/c1-12-17(22-26-21-12)20-16(25)11-24-9-5-6-13(10-24)18-19-14-7-3-4-8-15(14)23(18)2/h3-4,7-8,13H,5-6,9-11H2,1-2H3,(H,20,22,25). The van der Waals surface area contributed by atoms with Gasteiger partial charge in [-0.15, -0.1) is 0 Å². The predicted octanol–water partition coefficient (Wildman–Crippen LogP) is 2.08. The van der Waals surface area contributed by atoms with E-state index in [0.29, 0.717) is 24.0 Å². The molecule has 0 bridgehead atoms. The van der Waals surface area contributed by atoms with Gasteiger partial charge in [-0.2, -0.15) is 0 Å². The van der Waals surface area contributed by atoms with E-state index in [0.717, 1.165) is 42.8 Å². The maximum Gasteiger partial charge on any atom is 0.239 e. The number of amides is 1. The molecular formula is C18H22N6O2. The first-order valence-corrected chi connectivity index (χ1v) is 8.84. The van der Waals surface area contributed by atoms with Crippen LogP contribution in [-0.4, -0.2) is 50.3 Å². The summed E-state index contributed by atoms with van der Waals surface area (Å²) in [6.45, 7) is 3.80.